The van der Waals surface area contributed by atoms with E-state index in [4.69, 9.17) is 0 Å². The van der Waals surface area contributed by atoms with Crippen LogP contribution in [0.5, 0.6) is 0 Å². The van der Waals surface area contributed by atoms with Crippen molar-refractivity contribution in [3.05, 3.63) is 12.7 Å². The average Bonchev–Trinajstić information content (AvgIpc) is 2.62. The van der Waals surface area contributed by atoms with Gasteiger partial charge in [0, 0.05) is 12.3 Å². The molecule has 1 unspecified atom stereocenters. The summed E-state index contributed by atoms with van der Waals surface area (Å²) >= 11 is 0. The van der Waals surface area contributed by atoms with Crippen LogP contribution in [-0.2, 0) is 4.79 Å². The Balaban J connectivity index is 3.42. The number of unbranched alkanes of at least 4 members (excludes halogenated alkanes) is 14. The van der Waals surface area contributed by atoms with Crippen LogP contribution in [0.3, 0.4) is 0 Å². The first-order valence-electron chi connectivity index (χ1n) is 11.4. The molecule has 0 aromatic heterocycles. The highest BCUT2D eigenvalue weighted by atomic mass is 16.1. The van der Waals surface area contributed by atoms with Gasteiger partial charge >= 0.3 is 0 Å². The van der Waals surface area contributed by atoms with Crippen molar-refractivity contribution < 1.29 is 4.79 Å². The summed E-state index contributed by atoms with van der Waals surface area (Å²) in [5, 5.41) is 0. The molecule has 0 aliphatic rings. The summed E-state index contributed by atoms with van der Waals surface area (Å²) in [5.74, 6) is 0.545. The Morgan fingerprint density at radius 2 is 1.08 bits per heavy atom. The zero-order valence-corrected chi connectivity index (χ0v) is 17.5. The van der Waals surface area contributed by atoms with Gasteiger partial charge < -0.3 is 0 Å². The predicted molar refractivity (Wildman–Crippen MR) is 113 cm³/mol. The fourth-order valence-electron chi connectivity index (χ4n) is 3.53. The molecule has 0 saturated carbocycles. The van der Waals surface area contributed by atoms with Crippen molar-refractivity contribution in [3.8, 4) is 0 Å². The molecule has 0 N–H and O–H groups in total. The number of allylic oxidation sites excluding steroid dienone is 1. The number of carbonyl (C=O) groups excluding carboxylic acids is 1. The Hall–Kier alpha value is -0.590. The number of rotatable bonds is 20. The average molecular weight is 351 g/mol. The normalized spacial score (nSPS) is 12.2. The van der Waals surface area contributed by atoms with Crippen molar-refractivity contribution in [2.75, 3.05) is 0 Å². The van der Waals surface area contributed by atoms with Gasteiger partial charge in [0.2, 0.25) is 0 Å². The van der Waals surface area contributed by atoms with Crippen LogP contribution in [0.15, 0.2) is 12.7 Å². The van der Waals surface area contributed by atoms with E-state index >= 15 is 0 Å². The van der Waals surface area contributed by atoms with Crippen LogP contribution in [0, 0.1) is 5.92 Å². The SMILES string of the molecule is C=CC(CCCCCC)C(=O)CCCCCCCCCCCCCC. The summed E-state index contributed by atoms with van der Waals surface area (Å²) in [5.41, 5.74) is 0. The van der Waals surface area contributed by atoms with Crippen LogP contribution < -0.4 is 0 Å². The van der Waals surface area contributed by atoms with E-state index in [0.29, 0.717) is 5.78 Å². The molecule has 0 rings (SSSR count). The van der Waals surface area contributed by atoms with Crippen molar-refractivity contribution in [2.45, 2.75) is 129 Å². The quantitative estimate of drug-likeness (QED) is 0.159. The van der Waals surface area contributed by atoms with E-state index in [1.165, 1.54) is 96.3 Å². The Morgan fingerprint density at radius 3 is 1.52 bits per heavy atom. The van der Waals surface area contributed by atoms with Crippen LogP contribution in [0.25, 0.3) is 0 Å². The van der Waals surface area contributed by atoms with E-state index in [1.807, 2.05) is 6.08 Å². The lowest BCUT2D eigenvalue weighted by Gasteiger charge is -2.11. The highest BCUT2D eigenvalue weighted by Crippen LogP contribution is 2.17. The third-order valence-corrected chi connectivity index (χ3v) is 5.34. The fraction of sp³-hybridized carbons (Fsp3) is 0.875. The monoisotopic (exact) mass is 350 g/mol. The van der Waals surface area contributed by atoms with Crippen molar-refractivity contribution in [2.24, 2.45) is 5.92 Å². The molecule has 1 nitrogen and oxygen atoms in total. The van der Waals surface area contributed by atoms with E-state index in [0.717, 1.165) is 19.3 Å². The lowest BCUT2D eigenvalue weighted by Crippen LogP contribution is -2.11. The predicted octanol–water partition coefficient (Wildman–Crippen LogP) is 8.42. The second-order valence-corrected chi connectivity index (χ2v) is 7.80. The van der Waals surface area contributed by atoms with Gasteiger partial charge in [-0.05, 0) is 12.8 Å². The van der Waals surface area contributed by atoms with Gasteiger partial charge in [0.15, 0.2) is 0 Å². The van der Waals surface area contributed by atoms with E-state index < -0.39 is 0 Å². The number of hydrogen-bond acceptors (Lipinski definition) is 1. The molecule has 0 aromatic carbocycles. The maximum atomic E-state index is 12.2. The molecular weight excluding hydrogens is 304 g/mol. The summed E-state index contributed by atoms with van der Waals surface area (Å²) in [4.78, 5) is 12.2. The first-order chi connectivity index (χ1) is 12.3. The van der Waals surface area contributed by atoms with E-state index in [1.54, 1.807) is 0 Å². The highest BCUT2D eigenvalue weighted by Gasteiger charge is 2.13. The summed E-state index contributed by atoms with van der Waals surface area (Å²) in [6, 6.07) is 0. The van der Waals surface area contributed by atoms with Crippen LogP contribution >= 0.6 is 0 Å². The zero-order chi connectivity index (χ0) is 18.6. The number of carbonyl (C=O) groups is 1. The number of hydrogen-bond donors (Lipinski definition) is 0. The topological polar surface area (TPSA) is 17.1 Å². The van der Waals surface area contributed by atoms with E-state index in [9.17, 15) is 4.79 Å². The Morgan fingerprint density at radius 1 is 0.680 bits per heavy atom. The molecule has 148 valence electrons. The summed E-state index contributed by atoms with van der Waals surface area (Å²) in [6.45, 7) is 8.37. The molecule has 0 amide bonds. The Labute approximate surface area is 159 Å². The first-order valence-corrected chi connectivity index (χ1v) is 11.4. The van der Waals surface area contributed by atoms with Gasteiger partial charge in [0.1, 0.15) is 5.78 Å². The van der Waals surface area contributed by atoms with Gasteiger partial charge in [-0.3, -0.25) is 4.79 Å². The molecule has 25 heavy (non-hydrogen) atoms. The molecule has 0 aliphatic heterocycles. The number of ketones is 1. The van der Waals surface area contributed by atoms with Gasteiger partial charge in [-0.25, -0.2) is 0 Å². The molecule has 0 fully saturated rings. The maximum absolute atomic E-state index is 12.2. The van der Waals surface area contributed by atoms with Crippen molar-refractivity contribution >= 4 is 5.78 Å². The van der Waals surface area contributed by atoms with Gasteiger partial charge in [0.05, 0.1) is 0 Å². The second kappa shape index (κ2) is 19.7. The summed E-state index contributed by atoms with van der Waals surface area (Å²) in [7, 11) is 0. The zero-order valence-electron chi connectivity index (χ0n) is 17.5. The van der Waals surface area contributed by atoms with Crippen LogP contribution in [-0.4, -0.2) is 5.78 Å². The van der Waals surface area contributed by atoms with Crippen LogP contribution in [0.4, 0.5) is 0 Å². The fourth-order valence-corrected chi connectivity index (χ4v) is 3.53. The van der Waals surface area contributed by atoms with Gasteiger partial charge in [0.25, 0.3) is 0 Å². The minimum absolute atomic E-state index is 0.115. The second-order valence-electron chi connectivity index (χ2n) is 7.80. The van der Waals surface area contributed by atoms with E-state index in [2.05, 4.69) is 20.4 Å². The van der Waals surface area contributed by atoms with Crippen LogP contribution in [0.2, 0.25) is 0 Å². The third kappa shape index (κ3) is 16.6. The highest BCUT2D eigenvalue weighted by molar-refractivity contribution is 5.82. The Kier molecular flexibility index (Phi) is 19.3. The largest absolute Gasteiger partial charge is 0.299 e. The third-order valence-electron chi connectivity index (χ3n) is 5.34. The first kappa shape index (κ1) is 24.4. The Bertz CT molecular complexity index is 294. The van der Waals surface area contributed by atoms with Crippen molar-refractivity contribution in [3.63, 3.8) is 0 Å². The van der Waals surface area contributed by atoms with Gasteiger partial charge in [-0.1, -0.05) is 116 Å². The van der Waals surface area contributed by atoms with Crippen molar-refractivity contribution in [1.29, 1.82) is 0 Å². The van der Waals surface area contributed by atoms with E-state index in [-0.39, 0.29) is 5.92 Å². The molecule has 0 aliphatic carbocycles. The van der Waals surface area contributed by atoms with Gasteiger partial charge in [-0.2, -0.15) is 0 Å². The molecule has 0 spiro atoms. The summed E-state index contributed by atoms with van der Waals surface area (Å²) in [6.07, 6.45) is 24.8. The maximum Gasteiger partial charge on any atom is 0.139 e. The molecule has 1 heteroatoms. The minimum atomic E-state index is 0.115. The smallest absolute Gasteiger partial charge is 0.139 e. The molecule has 0 aromatic rings. The molecule has 0 heterocycles. The minimum Gasteiger partial charge on any atom is -0.299 e. The molecule has 0 radical (unpaired) electrons. The molecule has 1 atom stereocenters. The van der Waals surface area contributed by atoms with Gasteiger partial charge in [-0.15, -0.1) is 6.58 Å². The van der Waals surface area contributed by atoms with Crippen LogP contribution in [0.1, 0.15) is 129 Å². The molecule has 0 bridgehead atoms. The lowest BCUT2D eigenvalue weighted by atomic mass is 9.93. The molecule has 0 saturated heterocycles. The lowest BCUT2D eigenvalue weighted by molar-refractivity contribution is -0.121. The standard InChI is InChI=1S/C24H46O/c1-4-7-9-11-12-13-14-15-16-17-18-20-22-24(25)23(6-3)21-19-10-8-5-2/h6,23H,3-5,7-22H2,1-2H3. The summed E-state index contributed by atoms with van der Waals surface area (Å²) < 4.78 is 0. The molecular formula is C24H46O. The number of Topliss-reactive ketones (excluding diaryl/α,β-unsaturated/α-hetero) is 1. The van der Waals surface area contributed by atoms with Crippen molar-refractivity contribution in [1.82, 2.24) is 0 Å².